The predicted octanol–water partition coefficient (Wildman–Crippen LogP) is 2.90. The molecule has 2 aromatic heterocycles. The quantitative estimate of drug-likeness (QED) is 0.848. The fourth-order valence-corrected chi connectivity index (χ4v) is 2.67. The Morgan fingerprint density at radius 2 is 2.24 bits per heavy atom. The molecule has 114 valence electrons. The number of hydrogen-bond donors (Lipinski definition) is 2. The van der Waals surface area contributed by atoms with Crippen molar-refractivity contribution in [3.63, 3.8) is 0 Å². The van der Waals surface area contributed by atoms with Gasteiger partial charge in [0.15, 0.2) is 9.90 Å². The van der Waals surface area contributed by atoms with Gasteiger partial charge in [-0.05, 0) is 17.6 Å². The first-order chi connectivity index (χ1) is 9.74. The van der Waals surface area contributed by atoms with Gasteiger partial charge in [-0.2, -0.15) is 5.10 Å². The Bertz CT molecular complexity index is 692. The number of hydrogen-bond acceptors (Lipinski definition) is 5. The lowest BCUT2D eigenvalue weighted by Gasteiger charge is -2.16. The van der Waals surface area contributed by atoms with Crippen molar-refractivity contribution >= 4 is 34.6 Å². The Balaban J connectivity index is 2.00. The van der Waals surface area contributed by atoms with Crippen LogP contribution in [0.4, 0.5) is 5.13 Å². The molecule has 0 fully saturated rings. The van der Waals surface area contributed by atoms with Crippen molar-refractivity contribution < 1.29 is 4.79 Å². The third kappa shape index (κ3) is 4.47. The van der Waals surface area contributed by atoms with Crippen LogP contribution in [0.2, 0.25) is 0 Å². The summed E-state index contributed by atoms with van der Waals surface area (Å²) >= 11 is 6.49. The Hall–Kier alpha value is -1.54. The average Bonchev–Trinajstić information content (AvgIpc) is 2.89. The first-order valence-corrected chi connectivity index (χ1v) is 7.88. The first kappa shape index (κ1) is 15.8. The summed E-state index contributed by atoms with van der Waals surface area (Å²) in [5.74, 6) is 0.805. The number of amides is 1. The van der Waals surface area contributed by atoms with E-state index in [0.717, 1.165) is 11.5 Å². The van der Waals surface area contributed by atoms with Gasteiger partial charge in [0.05, 0.1) is 12.1 Å². The molecular formula is C13H19N5OS2. The molecule has 0 spiro atoms. The summed E-state index contributed by atoms with van der Waals surface area (Å²) in [6.45, 7) is 6.09. The number of H-pyrrole nitrogens is 1. The van der Waals surface area contributed by atoms with Crippen LogP contribution in [-0.2, 0) is 18.3 Å². The number of nitrogens with zero attached hydrogens (tertiary/aromatic N) is 3. The molecule has 0 saturated carbocycles. The molecule has 0 atom stereocenters. The molecule has 1 amide bonds. The molecule has 0 aromatic carbocycles. The molecule has 2 rings (SSSR count). The van der Waals surface area contributed by atoms with Gasteiger partial charge in [-0.1, -0.05) is 20.8 Å². The fourth-order valence-electron chi connectivity index (χ4n) is 1.79. The minimum absolute atomic E-state index is 0.0124. The first-order valence-electron chi connectivity index (χ1n) is 6.59. The molecule has 2 heterocycles. The molecule has 2 N–H and O–H groups in total. The van der Waals surface area contributed by atoms with Crippen LogP contribution in [0.5, 0.6) is 0 Å². The SMILES string of the molecule is Cn1c(Cc2csc(NC(=O)CC(C)(C)C)n2)n[nH]c1=S. The molecule has 8 heteroatoms. The summed E-state index contributed by atoms with van der Waals surface area (Å²) in [7, 11) is 1.86. The van der Waals surface area contributed by atoms with E-state index in [1.54, 1.807) is 0 Å². The molecule has 0 radical (unpaired) electrons. The van der Waals surface area contributed by atoms with Crippen LogP contribution in [0.15, 0.2) is 5.38 Å². The minimum Gasteiger partial charge on any atom is -0.307 e. The molecular weight excluding hydrogens is 306 g/mol. The molecule has 0 aliphatic carbocycles. The highest BCUT2D eigenvalue weighted by molar-refractivity contribution is 7.71. The molecule has 2 aromatic rings. The van der Waals surface area contributed by atoms with Crippen molar-refractivity contribution in [3.8, 4) is 0 Å². The molecule has 0 bridgehead atoms. The lowest BCUT2D eigenvalue weighted by molar-refractivity contribution is -0.117. The van der Waals surface area contributed by atoms with Gasteiger partial charge in [0.25, 0.3) is 0 Å². The number of carbonyl (C=O) groups excluding carboxylic acids is 1. The second kappa shape index (κ2) is 6.07. The van der Waals surface area contributed by atoms with Crippen molar-refractivity contribution in [2.24, 2.45) is 12.5 Å². The largest absolute Gasteiger partial charge is 0.307 e. The Morgan fingerprint density at radius 3 is 2.81 bits per heavy atom. The van der Waals surface area contributed by atoms with Gasteiger partial charge in [-0.3, -0.25) is 9.89 Å². The van der Waals surface area contributed by atoms with Gasteiger partial charge < -0.3 is 9.88 Å². The molecule has 0 unspecified atom stereocenters. The number of carbonyl (C=O) groups is 1. The number of rotatable bonds is 4. The van der Waals surface area contributed by atoms with Crippen molar-refractivity contribution in [1.82, 2.24) is 19.7 Å². The molecule has 0 aliphatic heterocycles. The zero-order chi connectivity index (χ0) is 15.6. The van der Waals surface area contributed by atoms with Gasteiger partial charge in [0.2, 0.25) is 5.91 Å². The maximum Gasteiger partial charge on any atom is 0.226 e. The monoisotopic (exact) mass is 325 g/mol. The summed E-state index contributed by atoms with van der Waals surface area (Å²) in [4.78, 5) is 16.3. The third-order valence-corrected chi connectivity index (χ3v) is 3.97. The lowest BCUT2D eigenvalue weighted by atomic mass is 9.92. The zero-order valence-electron chi connectivity index (χ0n) is 12.6. The van der Waals surface area contributed by atoms with Crippen LogP contribution in [0.3, 0.4) is 0 Å². The van der Waals surface area contributed by atoms with E-state index in [0.29, 0.717) is 22.7 Å². The van der Waals surface area contributed by atoms with Crippen LogP contribution in [-0.4, -0.2) is 25.7 Å². The van der Waals surface area contributed by atoms with Gasteiger partial charge in [-0.15, -0.1) is 11.3 Å². The lowest BCUT2D eigenvalue weighted by Crippen LogP contribution is -2.19. The number of nitrogens with one attached hydrogen (secondary N) is 2. The minimum atomic E-state index is -0.0349. The van der Waals surface area contributed by atoms with Gasteiger partial charge in [-0.25, -0.2) is 4.98 Å². The van der Waals surface area contributed by atoms with Gasteiger partial charge in [0.1, 0.15) is 5.82 Å². The van der Waals surface area contributed by atoms with E-state index in [1.807, 2.05) is 37.8 Å². The number of aromatic amines is 1. The van der Waals surface area contributed by atoms with E-state index < -0.39 is 0 Å². The zero-order valence-corrected chi connectivity index (χ0v) is 14.2. The van der Waals surface area contributed by atoms with Crippen molar-refractivity contribution in [1.29, 1.82) is 0 Å². The highest BCUT2D eigenvalue weighted by atomic mass is 32.1. The summed E-state index contributed by atoms with van der Waals surface area (Å²) in [5.41, 5.74) is 0.829. The highest BCUT2D eigenvalue weighted by Gasteiger charge is 2.17. The molecule has 0 aliphatic rings. The average molecular weight is 325 g/mol. The Kier molecular flexibility index (Phi) is 4.58. The summed E-state index contributed by atoms with van der Waals surface area (Å²) < 4.78 is 2.39. The molecule has 0 saturated heterocycles. The van der Waals surface area contributed by atoms with Crippen molar-refractivity contribution in [2.45, 2.75) is 33.6 Å². The van der Waals surface area contributed by atoms with E-state index in [1.165, 1.54) is 11.3 Å². The van der Waals surface area contributed by atoms with E-state index in [-0.39, 0.29) is 11.3 Å². The van der Waals surface area contributed by atoms with Crippen LogP contribution >= 0.6 is 23.6 Å². The van der Waals surface area contributed by atoms with E-state index in [4.69, 9.17) is 12.2 Å². The summed E-state index contributed by atoms with van der Waals surface area (Å²) in [6.07, 6.45) is 1.05. The van der Waals surface area contributed by atoms with Crippen LogP contribution < -0.4 is 5.32 Å². The maximum atomic E-state index is 11.9. The van der Waals surface area contributed by atoms with Crippen molar-refractivity contribution in [2.75, 3.05) is 5.32 Å². The summed E-state index contributed by atoms with van der Waals surface area (Å²) in [6, 6.07) is 0. The molecule has 6 nitrogen and oxygen atoms in total. The standard InChI is InChI=1S/C13H19N5OS2/c1-13(2,3)6-10(19)15-11-14-8(7-21-11)5-9-16-17-12(20)18(9)4/h7H,5-6H2,1-4H3,(H,17,20)(H,14,15,19). The Labute approximate surface area is 132 Å². The molecule has 21 heavy (non-hydrogen) atoms. The fraction of sp³-hybridized carbons (Fsp3) is 0.538. The van der Waals surface area contributed by atoms with E-state index in [2.05, 4.69) is 20.5 Å². The predicted molar refractivity (Wildman–Crippen MR) is 86.0 cm³/mol. The van der Waals surface area contributed by atoms with E-state index >= 15 is 0 Å². The highest BCUT2D eigenvalue weighted by Crippen LogP contribution is 2.21. The van der Waals surface area contributed by atoms with Crippen LogP contribution in [0.25, 0.3) is 0 Å². The van der Waals surface area contributed by atoms with Crippen molar-refractivity contribution in [3.05, 3.63) is 21.7 Å². The smallest absolute Gasteiger partial charge is 0.226 e. The second-order valence-corrected chi connectivity index (χ2v) is 7.36. The maximum absolute atomic E-state index is 11.9. The van der Waals surface area contributed by atoms with Gasteiger partial charge >= 0.3 is 0 Å². The van der Waals surface area contributed by atoms with Crippen LogP contribution in [0, 0.1) is 10.2 Å². The number of anilines is 1. The third-order valence-electron chi connectivity index (χ3n) is 2.80. The Morgan fingerprint density at radius 1 is 1.52 bits per heavy atom. The number of aromatic nitrogens is 4. The van der Waals surface area contributed by atoms with E-state index in [9.17, 15) is 4.79 Å². The second-order valence-electron chi connectivity index (χ2n) is 6.11. The summed E-state index contributed by atoms with van der Waals surface area (Å²) in [5, 5.41) is 12.3. The topological polar surface area (TPSA) is 75.6 Å². The van der Waals surface area contributed by atoms with Gasteiger partial charge in [0, 0.05) is 18.8 Å². The van der Waals surface area contributed by atoms with Crippen LogP contribution in [0.1, 0.15) is 38.7 Å². The normalized spacial score (nSPS) is 11.6. The number of thiazole rings is 1.